The molecule has 0 spiro atoms. The van der Waals surface area contributed by atoms with E-state index >= 15 is 0 Å². The van der Waals surface area contributed by atoms with Gasteiger partial charge in [0.1, 0.15) is 11.5 Å². The normalized spacial score (nSPS) is 27.1. The van der Waals surface area contributed by atoms with E-state index in [0.29, 0.717) is 17.5 Å². The summed E-state index contributed by atoms with van der Waals surface area (Å²) in [7, 11) is -2.10. The lowest BCUT2D eigenvalue weighted by atomic mass is 9.71. The minimum absolute atomic E-state index is 0.0834. The van der Waals surface area contributed by atoms with E-state index in [4.69, 9.17) is 9.05 Å². The van der Waals surface area contributed by atoms with Gasteiger partial charge in [-0.1, -0.05) is 166 Å². The van der Waals surface area contributed by atoms with E-state index in [-0.39, 0.29) is 16.5 Å². The zero-order valence-electron chi connectivity index (χ0n) is 36.5. The Labute approximate surface area is 350 Å². The molecule has 4 heterocycles. The van der Waals surface area contributed by atoms with Crippen molar-refractivity contribution in [3.8, 4) is 22.6 Å². The van der Waals surface area contributed by atoms with E-state index in [0.717, 1.165) is 30.5 Å². The quantitative estimate of drug-likeness (QED) is 0.192. The lowest BCUT2D eigenvalue weighted by Gasteiger charge is -2.45. The number of hydrogen-bond acceptors (Lipinski definition) is 2. The summed E-state index contributed by atoms with van der Waals surface area (Å²) in [6.07, 6.45) is 10.7. The molecule has 0 saturated heterocycles. The van der Waals surface area contributed by atoms with Crippen LogP contribution in [-0.4, -0.2) is 5.66 Å². The lowest BCUT2D eigenvalue weighted by molar-refractivity contribution is 0.396. The van der Waals surface area contributed by atoms with Crippen molar-refractivity contribution in [1.82, 2.24) is 0 Å². The van der Waals surface area contributed by atoms with Crippen molar-refractivity contribution in [2.75, 3.05) is 0 Å². The van der Waals surface area contributed by atoms with Crippen LogP contribution in [0, 0.1) is 18.3 Å². The summed E-state index contributed by atoms with van der Waals surface area (Å²) in [6, 6.07) is 29.7. The van der Waals surface area contributed by atoms with Crippen molar-refractivity contribution in [3.05, 3.63) is 164 Å². The molecule has 0 radical (unpaired) electrons. The van der Waals surface area contributed by atoms with Crippen molar-refractivity contribution >= 4 is 27.4 Å². The summed E-state index contributed by atoms with van der Waals surface area (Å²) < 4.78 is 14.8. The Morgan fingerprint density at radius 1 is 0.690 bits per heavy atom. The van der Waals surface area contributed by atoms with Gasteiger partial charge in [0.05, 0.1) is 5.66 Å². The van der Waals surface area contributed by atoms with Gasteiger partial charge in [0.2, 0.25) is 0 Å². The third-order valence-corrected chi connectivity index (χ3v) is 19.1. The molecular weight excluding hydrogens is 743 g/mol. The average Bonchev–Trinajstić information content (AvgIpc) is 3.42. The van der Waals surface area contributed by atoms with E-state index in [1.165, 1.54) is 83.5 Å². The predicted molar refractivity (Wildman–Crippen MR) is 250 cm³/mol. The second-order valence-corrected chi connectivity index (χ2v) is 22.7. The summed E-state index contributed by atoms with van der Waals surface area (Å²) in [4.78, 5) is 0. The van der Waals surface area contributed by atoms with Gasteiger partial charge >= 0.3 is 0 Å². The highest BCUT2D eigenvalue weighted by molar-refractivity contribution is 7.60. The highest BCUT2D eigenvalue weighted by Gasteiger charge is 2.53. The third kappa shape index (κ3) is 6.19. The molecule has 0 saturated carbocycles. The minimum atomic E-state index is -1.38. The summed E-state index contributed by atoms with van der Waals surface area (Å²) in [5.41, 5.74) is 20.6. The molecule has 0 aromatic heterocycles. The maximum atomic E-state index is 7.64. The van der Waals surface area contributed by atoms with Crippen molar-refractivity contribution in [1.29, 1.82) is 0 Å². The molecular formula is C54H60O2P2. The first-order chi connectivity index (χ1) is 27.7. The monoisotopic (exact) mass is 802 g/mol. The van der Waals surface area contributed by atoms with E-state index < -0.39 is 16.3 Å². The molecule has 0 N–H and O–H groups in total. The summed E-state index contributed by atoms with van der Waals surface area (Å²) in [5, 5.41) is 0. The molecule has 58 heavy (non-hydrogen) atoms. The first-order valence-corrected chi connectivity index (χ1v) is 24.5. The van der Waals surface area contributed by atoms with Crippen molar-refractivity contribution < 1.29 is 9.05 Å². The van der Waals surface area contributed by atoms with Crippen LogP contribution in [0.15, 0.2) is 125 Å². The highest BCUT2D eigenvalue weighted by atomic mass is 31.2. The maximum absolute atomic E-state index is 7.64. The SMILES string of the molecule is CC1=C(C(C)C)/C=C(\C)C(C)(C)C2c3ccccc3-c3ccccc3CP2\C=C\1c1c(C)c(C(C)C)cc2c1OP1Oc3ccccc3C3=CCCC=C3C1C2(C)C. The van der Waals surface area contributed by atoms with Crippen LogP contribution in [-0.2, 0) is 11.6 Å². The fraction of sp³-hybridized carbons (Fsp3) is 0.370. The molecule has 4 unspecified atom stereocenters. The maximum Gasteiger partial charge on any atom is 0.299 e. The zero-order chi connectivity index (χ0) is 40.8. The fourth-order valence-corrected chi connectivity index (χ4v) is 16.3. The van der Waals surface area contributed by atoms with Crippen LogP contribution in [0.4, 0.5) is 0 Å². The fourth-order valence-electron chi connectivity index (χ4n) is 10.8. The summed E-state index contributed by atoms with van der Waals surface area (Å²) in [5.74, 6) is 5.45. The summed E-state index contributed by atoms with van der Waals surface area (Å²) >= 11 is 0. The largest absolute Gasteiger partial charge is 0.437 e. The second-order valence-electron chi connectivity index (χ2n) is 19.1. The van der Waals surface area contributed by atoms with Crippen LogP contribution in [0.2, 0.25) is 0 Å². The van der Waals surface area contributed by atoms with Gasteiger partial charge < -0.3 is 9.05 Å². The summed E-state index contributed by atoms with van der Waals surface area (Å²) in [6.45, 7) is 26.6. The number of para-hydroxylation sites is 1. The van der Waals surface area contributed by atoms with Crippen LogP contribution >= 0.6 is 16.3 Å². The van der Waals surface area contributed by atoms with Gasteiger partial charge in [-0.05, 0) is 124 Å². The zero-order valence-corrected chi connectivity index (χ0v) is 38.2. The van der Waals surface area contributed by atoms with Gasteiger partial charge in [-0.2, -0.15) is 0 Å². The molecule has 0 bridgehead atoms. The molecule has 4 aromatic carbocycles. The van der Waals surface area contributed by atoms with Gasteiger partial charge in [0.25, 0.3) is 8.38 Å². The molecule has 4 atom stereocenters. The number of hydrogen-bond donors (Lipinski definition) is 0. The number of allylic oxidation sites excluding steroid dienone is 9. The van der Waals surface area contributed by atoms with Gasteiger partial charge in [0, 0.05) is 27.8 Å². The standard InChI is InChI=1S/C54H60O2P2/c1-32(2)44-28-34(5)53(8,9)51-42-25-16-14-22-39(42)38-21-13-12-20-37(38)30-57(51)31-46(35(44)6)49-36(7)45(33(3)4)29-47-50(49)56-58-52(54(47,10)11)43-26-17-15-23-40(43)41-24-18-19-27-48(41)55-58/h12-14,16,18-29,31-33,51-52H,15,17,30H2,1-11H3/b34-28+,44-35+,46-31-. The number of rotatable bonds is 3. The second kappa shape index (κ2) is 14.6. The first-order valence-electron chi connectivity index (χ1n) is 21.6. The molecule has 0 fully saturated rings. The minimum Gasteiger partial charge on any atom is -0.437 e. The molecule has 4 aromatic rings. The van der Waals surface area contributed by atoms with E-state index in [1.54, 1.807) is 0 Å². The molecule has 5 aliphatic rings. The molecule has 4 heteroatoms. The van der Waals surface area contributed by atoms with Gasteiger partial charge in [-0.15, -0.1) is 0 Å². The Bertz CT molecular complexity index is 2500. The van der Waals surface area contributed by atoms with Crippen LogP contribution in [0.3, 0.4) is 0 Å². The van der Waals surface area contributed by atoms with E-state index in [1.807, 2.05) is 0 Å². The first kappa shape index (κ1) is 39.5. The smallest absolute Gasteiger partial charge is 0.299 e. The molecule has 4 aliphatic heterocycles. The number of fused-ring (bicyclic) bond motifs is 11. The molecule has 0 amide bonds. The van der Waals surface area contributed by atoms with Crippen molar-refractivity contribution in [2.45, 2.75) is 118 Å². The van der Waals surface area contributed by atoms with Crippen molar-refractivity contribution in [3.63, 3.8) is 0 Å². The third-order valence-electron chi connectivity index (χ3n) is 14.2. The molecule has 2 nitrogen and oxygen atoms in total. The van der Waals surface area contributed by atoms with Crippen LogP contribution in [0.5, 0.6) is 11.5 Å². The number of benzene rings is 4. The van der Waals surface area contributed by atoms with Gasteiger partial charge in [0.15, 0.2) is 0 Å². The van der Waals surface area contributed by atoms with Crippen molar-refractivity contribution in [2.24, 2.45) is 11.3 Å². The Morgan fingerprint density at radius 2 is 1.36 bits per heavy atom. The van der Waals surface area contributed by atoms with Crippen LogP contribution in [0.1, 0.15) is 133 Å². The van der Waals surface area contributed by atoms with Gasteiger partial charge in [-0.3, -0.25) is 0 Å². The topological polar surface area (TPSA) is 18.5 Å². The molecule has 1 aliphatic carbocycles. The Kier molecular flexibility index (Phi) is 9.97. The molecule has 9 rings (SSSR count). The van der Waals surface area contributed by atoms with Gasteiger partial charge in [-0.25, -0.2) is 0 Å². The average molecular weight is 803 g/mol. The van der Waals surface area contributed by atoms with Crippen LogP contribution in [0.25, 0.3) is 22.3 Å². The lowest BCUT2D eigenvalue weighted by Crippen LogP contribution is -2.40. The predicted octanol–water partition coefficient (Wildman–Crippen LogP) is 16.4. The Morgan fingerprint density at radius 3 is 2.10 bits per heavy atom. The van der Waals surface area contributed by atoms with Crippen LogP contribution < -0.4 is 9.05 Å². The van der Waals surface area contributed by atoms with E-state index in [2.05, 4.69) is 179 Å². The Balaban J connectivity index is 1.36. The highest BCUT2D eigenvalue weighted by Crippen LogP contribution is 2.70. The van der Waals surface area contributed by atoms with E-state index in [9.17, 15) is 0 Å². The Hall–Kier alpha value is -3.96. The molecule has 298 valence electrons.